The first-order chi connectivity index (χ1) is 14.4. The number of carbonyl (C=O) groups excluding carboxylic acids is 2. The number of ether oxygens (including phenoxy) is 1. The van der Waals surface area contributed by atoms with Crippen molar-refractivity contribution in [2.75, 3.05) is 51.6 Å². The molecule has 0 radical (unpaired) electrons. The van der Waals surface area contributed by atoms with Crippen molar-refractivity contribution in [2.45, 2.75) is 31.3 Å². The molecule has 0 atom stereocenters. The smallest absolute Gasteiger partial charge is 0.410 e. The molecular weight excluding hydrogens is 420 g/mol. The normalized spacial score (nSPS) is 15.0. The van der Waals surface area contributed by atoms with Gasteiger partial charge in [-0.15, -0.1) is 6.58 Å². The van der Waals surface area contributed by atoms with Gasteiger partial charge in [0.2, 0.25) is 15.9 Å². The highest BCUT2D eigenvalue weighted by molar-refractivity contribution is 7.89. The minimum atomic E-state index is -3.57. The number of amides is 2. The molecule has 0 saturated carbocycles. The van der Waals surface area contributed by atoms with Gasteiger partial charge >= 0.3 is 6.09 Å². The van der Waals surface area contributed by atoms with E-state index < -0.39 is 15.6 Å². The van der Waals surface area contributed by atoms with E-state index in [0.717, 1.165) is 0 Å². The standard InChI is InChI=1S/C21H32N4O5S/c1-6-11-23(5)31(28,29)18-9-7-17(8-10-18)22-16-19(26)24-12-14-25(15-13-24)20(27)30-21(2,3)4/h6-10,22H,1,11-16H2,2-5H3. The number of hydrogen-bond donors (Lipinski definition) is 1. The van der Waals surface area contributed by atoms with E-state index in [9.17, 15) is 18.0 Å². The number of sulfonamides is 1. The predicted octanol–water partition coefficient (Wildman–Crippen LogP) is 1.98. The van der Waals surface area contributed by atoms with E-state index in [-0.39, 0.29) is 30.0 Å². The van der Waals surface area contributed by atoms with E-state index in [4.69, 9.17) is 4.74 Å². The molecule has 1 aromatic rings. The Labute approximate surface area is 184 Å². The van der Waals surface area contributed by atoms with Gasteiger partial charge in [0.15, 0.2) is 0 Å². The number of nitrogens with one attached hydrogen (secondary N) is 1. The molecule has 1 N–H and O–H groups in total. The molecule has 0 aliphatic carbocycles. The van der Waals surface area contributed by atoms with Crippen molar-refractivity contribution >= 4 is 27.7 Å². The Bertz CT molecular complexity index is 885. The van der Waals surface area contributed by atoms with Crippen LogP contribution in [0.25, 0.3) is 0 Å². The van der Waals surface area contributed by atoms with Crippen LogP contribution >= 0.6 is 0 Å². The van der Waals surface area contributed by atoms with Crippen molar-refractivity contribution in [1.29, 1.82) is 0 Å². The zero-order valence-corrected chi connectivity index (χ0v) is 19.4. The number of anilines is 1. The Morgan fingerprint density at radius 1 is 1.13 bits per heavy atom. The highest BCUT2D eigenvalue weighted by Gasteiger charge is 2.27. The van der Waals surface area contributed by atoms with Gasteiger partial charge in [0.1, 0.15) is 5.60 Å². The number of piperazine rings is 1. The van der Waals surface area contributed by atoms with Gasteiger partial charge in [0.25, 0.3) is 0 Å². The molecule has 1 aliphatic heterocycles. The van der Waals surface area contributed by atoms with Crippen LogP contribution in [0.1, 0.15) is 20.8 Å². The molecule has 0 bridgehead atoms. The number of carbonyl (C=O) groups is 2. The largest absolute Gasteiger partial charge is 0.444 e. The van der Waals surface area contributed by atoms with Crippen LogP contribution in [0.15, 0.2) is 41.8 Å². The Morgan fingerprint density at radius 2 is 1.68 bits per heavy atom. The van der Waals surface area contributed by atoms with Gasteiger partial charge in [-0.25, -0.2) is 13.2 Å². The van der Waals surface area contributed by atoms with Gasteiger partial charge in [-0.2, -0.15) is 4.31 Å². The van der Waals surface area contributed by atoms with Crippen LogP contribution in [0.2, 0.25) is 0 Å². The molecule has 1 saturated heterocycles. The third-order valence-corrected chi connectivity index (χ3v) is 6.51. The predicted molar refractivity (Wildman–Crippen MR) is 119 cm³/mol. The van der Waals surface area contributed by atoms with Crippen LogP contribution < -0.4 is 5.32 Å². The van der Waals surface area contributed by atoms with E-state index in [1.54, 1.807) is 21.9 Å². The molecule has 172 valence electrons. The molecule has 1 aliphatic rings. The van der Waals surface area contributed by atoms with Gasteiger partial charge in [0, 0.05) is 45.5 Å². The minimum absolute atomic E-state index is 0.0783. The second kappa shape index (κ2) is 10.1. The summed E-state index contributed by atoms with van der Waals surface area (Å²) < 4.78 is 31.4. The third kappa shape index (κ3) is 6.96. The number of likely N-dealkylation sites (N-methyl/N-ethyl adjacent to an activating group) is 1. The molecule has 1 fully saturated rings. The quantitative estimate of drug-likeness (QED) is 0.635. The van der Waals surface area contributed by atoms with E-state index in [0.29, 0.717) is 31.9 Å². The third-order valence-electron chi connectivity index (χ3n) is 4.68. The highest BCUT2D eigenvalue weighted by Crippen LogP contribution is 2.18. The zero-order chi connectivity index (χ0) is 23.2. The van der Waals surface area contributed by atoms with Crippen molar-refractivity contribution in [3.05, 3.63) is 36.9 Å². The first kappa shape index (κ1) is 24.7. The first-order valence-electron chi connectivity index (χ1n) is 10.1. The maximum atomic E-state index is 12.5. The second-order valence-corrected chi connectivity index (χ2v) is 10.3. The Morgan fingerprint density at radius 3 is 2.19 bits per heavy atom. The summed E-state index contributed by atoms with van der Waals surface area (Å²) in [5.74, 6) is -0.0914. The molecular formula is C21H32N4O5S. The van der Waals surface area contributed by atoms with Crippen molar-refractivity contribution in [2.24, 2.45) is 0 Å². The summed E-state index contributed by atoms with van der Waals surface area (Å²) in [4.78, 5) is 28.1. The number of hydrogen-bond acceptors (Lipinski definition) is 6. The Kier molecular flexibility index (Phi) is 8.08. The molecule has 1 aromatic carbocycles. The number of benzene rings is 1. The van der Waals surface area contributed by atoms with E-state index in [2.05, 4.69) is 11.9 Å². The molecule has 0 spiro atoms. The summed E-state index contributed by atoms with van der Waals surface area (Å²) in [6.45, 7) is 11.0. The highest BCUT2D eigenvalue weighted by atomic mass is 32.2. The fourth-order valence-corrected chi connectivity index (χ4v) is 4.10. The lowest BCUT2D eigenvalue weighted by atomic mass is 10.2. The van der Waals surface area contributed by atoms with Crippen LogP contribution in [0, 0.1) is 0 Å². The van der Waals surface area contributed by atoms with E-state index in [1.807, 2.05) is 20.8 Å². The van der Waals surface area contributed by atoms with Crippen molar-refractivity contribution in [1.82, 2.24) is 14.1 Å². The van der Waals surface area contributed by atoms with Crippen molar-refractivity contribution in [3.8, 4) is 0 Å². The van der Waals surface area contributed by atoms with Gasteiger partial charge in [-0.05, 0) is 45.0 Å². The summed E-state index contributed by atoms with van der Waals surface area (Å²) in [5.41, 5.74) is 0.0928. The molecule has 31 heavy (non-hydrogen) atoms. The summed E-state index contributed by atoms with van der Waals surface area (Å²) in [5, 5.41) is 3.02. The number of nitrogens with zero attached hydrogens (tertiary/aromatic N) is 3. The van der Waals surface area contributed by atoms with Crippen molar-refractivity contribution < 1.29 is 22.7 Å². The summed E-state index contributed by atoms with van der Waals surface area (Å²) in [6.07, 6.45) is 1.15. The average molecular weight is 453 g/mol. The number of rotatable bonds is 7. The topological polar surface area (TPSA) is 99.3 Å². The maximum Gasteiger partial charge on any atom is 0.410 e. The molecule has 10 heteroatoms. The lowest BCUT2D eigenvalue weighted by molar-refractivity contribution is -0.131. The molecule has 2 rings (SSSR count). The van der Waals surface area contributed by atoms with Gasteiger partial charge in [0.05, 0.1) is 11.4 Å². The first-order valence-corrected chi connectivity index (χ1v) is 11.5. The lowest BCUT2D eigenvalue weighted by Crippen LogP contribution is -2.52. The summed E-state index contributed by atoms with van der Waals surface area (Å²) in [6, 6.07) is 6.26. The SMILES string of the molecule is C=CCN(C)S(=O)(=O)c1ccc(NCC(=O)N2CCN(C(=O)OC(C)(C)C)CC2)cc1. The summed E-state index contributed by atoms with van der Waals surface area (Å²) >= 11 is 0. The van der Waals surface area contributed by atoms with Crippen LogP contribution in [0.4, 0.5) is 10.5 Å². The Balaban J connectivity index is 1.84. The van der Waals surface area contributed by atoms with E-state index in [1.165, 1.54) is 29.6 Å². The van der Waals surface area contributed by atoms with Crippen LogP contribution in [-0.2, 0) is 19.6 Å². The Hall–Kier alpha value is -2.59. The minimum Gasteiger partial charge on any atom is -0.444 e. The zero-order valence-electron chi connectivity index (χ0n) is 18.6. The molecule has 1 heterocycles. The fourth-order valence-electron chi connectivity index (χ4n) is 2.96. The molecule has 0 unspecified atom stereocenters. The lowest BCUT2D eigenvalue weighted by Gasteiger charge is -2.35. The molecule has 2 amide bonds. The van der Waals surface area contributed by atoms with E-state index >= 15 is 0 Å². The van der Waals surface area contributed by atoms with Crippen LogP contribution in [0.3, 0.4) is 0 Å². The van der Waals surface area contributed by atoms with Crippen LogP contribution in [0.5, 0.6) is 0 Å². The fraction of sp³-hybridized carbons (Fsp3) is 0.524. The average Bonchev–Trinajstić information content (AvgIpc) is 2.71. The van der Waals surface area contributed by atoms with Gasteiger partial charge < -0.3 is 19.9 Å². The molecule has 0 aromatic heterocycles. The monoisotopic (exact) mass is 452 g/mol. The van der Waals surface area contributed by atoms with Gasteiger partial charge in [-0.3, -0.25) is 4.79 Å². The molecule has 9 nitrogen and oxygen atoms in total. The van der Waals surface area contributed by atoms with Crippen LogP contribution in [-0.4, -0.2) is 86.4 Å². The summed E-state index contributed by atoms with van der Waals surface area (Å²) in [7, 11) is -2.08. The maximum absolute atomic E-state index is 12.5. The van der Waals surface area contributed by atoms with Crippen molar-refractivity contribution in [3.63, 3.8) is 0 Å². The second-order valence-electron chi connectivity index (χ2n) is 8.30. The van der Waals surface area contributed by atoms with Gasteiger partial charge in [-0.1, -0.05) is 6.08 Å².